The van der Waals surface area contributed by atoms with E-state index in [-0.39, 0.29) is 6.54 Å². The van der Waals surface area contributed by atoms with E-state index in [1.165, 1.54) is 18.5 Å². The molecule has 2 rings (SSSR count). The molecule has 0 N–H and O–H groups in total. The number of methoxy groups -OCH3 is 1. The molecule has 0 unspecified atom stereocenters. The van der Waals surface area contributed by atoms with Crippen LogP contribution in [0.5, 0.6) is 0 Å². The first-order chi connectivity index (χ1) is 10.4. The van der Waals surface area contributed by atoms with E-state index in [9.17, 15) is 13.2 Å². The Balaban J connectivity index is 2.21. The van der Waals surface area contributed by atoms with Gasteiger partial charge in [-0.25, -0.2) is 12.7 Å². The average molecular weight is 323 g/mol. The number of carbonyl (C=O) groups is 1. The van der Waals surface area contributed by atoms with Crippen LogP contribution < -0.4 is 0 Å². The zero-order chi connectivity index (χ0) is 16.3. The highest BCUT2D eigenvalue weighted by Gasteiger charge is 2.28. The first-order valence-electron chi connectivity index (χ1n) is 7.19. The molecule has 0 fully saturated rings. The van der Waals surface area contributed by atoms with Crippen molar-refractivity contribution in [2.75, 3.05) is 20.7 Å². The molecule has 1 aromatic carbocycles. The molecular weight excluding hydrogens is 302 g/mol. The van der Waals surface area contributed by atoms with E-state index < -0.39 is 21.9 Å². The summed E-state index contributed by atoms with van der Waals surface area (Å²) in [6.45, 7) is 1.76. The number of aryl methyl sites for hydroxylation is 1. The summed E-state index contributed by atoms with van der Waals surface area (Å²) in [4.78, 5) is 11.9. The molecule has 1 aliphatic rings. The standard InChI is InChI=1S/C16H21NO4S/c1-12(16(18)21-3)11-17(2)22(19,20)15-9-8-13-6-4-5-7-14(13)10-15/h4-7,10,12H,8-9,11H2,1-3H3/t12-/m1/s1. The number of allylic oxidation sites excluding steroid dienone is 1. The van der Waals surface area contributed by atoms with Crippen molar-refractivity contribution in [2.24, 2.45) is 5.92 Å². The molecule has 0 bridgehead atoms. The summed E-state index contributed by atoms with van der Waals surface area (Å²) in [5.41, 5.74) is 2.11. The minimum atomic E-state index is -3.55. The lowest BCUT2D eigenvalue weighted by atomic mass is 9.98. The third-order valence-electron chi connectivity index (χ3n) is 3.89. The Bertz CT molecular complexity index is 694. The molecule has 1 atom stereocenters. The predicted molar refractivity (Wildman–Crippen MR) is 85.5 cm³/mol. The molecule has 0 saturated heterocycles. The van der Waals surface area contributed by atoms with Gasteiger partial charge < -0.3 is 4.74 Å². The van der Waals surface area contributed by atoms with E-state index in [1.54, 1.807) is 13.0 Å². The third kappa shape index (κ3) is 3.39. The second kappa shape index (κ2) is 6.62. The van der Waals surface area contributed by atoms with Gasteiger partial charge in [-0.05, 0) is 30.0 Å². The summed E-state index contributed by atoms with van der Waals surface area (Å²) >= 11 is 0. The number of ether oxygens (including phenoxy) is 1. The second-order valence-corrected chi connectivity index (χ2v) is 7.62. The molecule has 0 radical (unpaired) electrons. The fourth-order valence-corrected chi connectivity index (χ4v) is 4.03. The largest absolute Gasteiger partial charge is 0.469 e. The van der Waals surface area contributed by atoms with Crippen LogP contribution >= 0.6 is 0 Å². The van der Waals surface area contributed by atoms with Crippen LogP contribution in [-0.4, -0.2) is 39.4 Å². The van der Waals surface area contributed by atoms with E-state index in [1.807, 2.05) is 24.3 Å². The van der Waals surface area contributed by atoms with E-state index in [0.29, 0.717) is 17.7 Å². The summed E-state index contributed by atoms with van der Waals surface area (Å²) in [7, 11) is -0.759. The summed E-state index contributed by atoms with van der Waals surface area (Å²) in [6, 6.07) is 7.78. The van der Waals surface area contributed by atoms with Crippen LogP contribution in [0.3, 0.4) is 0 Å². The maximum absolute atomic E-state index is 12.6. The number of rotatable bonds is 5. The molecule has 120 valence electrons. The molecule has 0 amide bonds. The van der Waals surface area contributed by atoms with Gasteiger partial charge in [-0.1, -0.05) is 31.2 Å². The Morgan fingerprint density at radius 2 is 2.00 bits per heavy atom. The van der Waals surface area contributed by atoms with Crippen LogP contribution in [0.15, 0.2) is 29.2 Å². The number of esters is 1. The molecule has 1 aliphatic carbocycles. The number of carbonyl (C=O) groups excluding carboxylic acids is 1. The van der Waals surface area contributed by atoms with E-state index in [2.05, 4.69) is 4.74 Å². The number of sulfonamides is 1. The maximum atomic E-state index is 12.6. The molecule has 0 aromatic heterocycles. The Hall–Kier alpha value is -1.66. The zero-order valence-electron chi connectivity index (χ0n) is 13.1. The van der Waals surface area contributed by atoms with Gasteiger partial charge in [0, 0.05) is 13.6 Å². The van der Waals surface area contributed by atoms with Crippen LogP contribution in [0.1, 0.15) is 24.5 Å². The van der Waals surface area contributed by atoms with Crippen LogP contribution in [0.2, 0.25) is 0 Å². The second-order valence-electron chi connectivity index (χ2n) is 5.52. The van der Waals surface area contributed by atoms with Gasteiger partial charge >= 0.3 is 5.97 Å². The van der Waals surface area contributed by atoms with Crippen molar-refractivity contribution in [3.63, 3.8) is 0 Å². The molecular formula is C16H21NO4S. The third-order valence-corrected chi connectivity index (χ3v) is 5.84. The fraction of sp³-hybridized carbons (Fsp3) is 0.438. The first-order valence-corrected chi connectivity index (χ1v) is 8.63. The van der Waals surface area contributed by atoms with Crippen molar-refractivity contribution in [2.45, 2.75) is 19.8 Å². The minimum absolute atomic E-state index is 0.105. The summed E-state index contributed by atoms with van der Waals surface area (Å²) in [5, 5.41) is 0. The highest BCUT2D eigenvalue weighted by molar-refractivity contribution is 7.93. The van der Waals surface area contributed by atoms with Crippen LogP contribution in [0.4, 0.5) is 0 Å². The van der Waals surface area contributed by atoms with Gasteiger partial charge in [0.15, 0.2) is 0 Å². The van der Waals surface area contributed by atoms with Crippen molar-refractivity contribution in [3.05, 3.63) is 40.3 Å². The average Bonchev–Trinajstić information content (AvgIpc) is 2.53. The van der Waals surface area contributed by atoms with E-state index >= 15 is 0 Å². The molecule has 0 spiro atoms. The Morgan fingerprint density at radius 3 is 2.68 bits per heavy atom. The predicted octanol–water partition coefficient (Wildman–Crippen LogP) is 2.04. The Kier molecular flexibility index (Phi) is 5.03. The summed E-state index contributed by atoms with van der Waals surface area (Å²) in [6.07, 6.45) is 2.92. The topological polar surface area (TPSA) is 63.7 Å². The molecule has 0 aliphatic heterocycles. The quantitative estimate of drug-likeness (QED) is 0.778. The van der Waals surface area contributed by atoms with Crippen molar-refractivity contribution in [1.82, 2.24) is 4.31 Å². The van der Waals surface area contributed by atoms with Gasteiger partial charge in [-0.15, -0.1) is 0 Å². The van der Waals surface area contributed by atoms with Gasteiger partial charge in [0.1, 0.15) is 0 Å². The van der Waals surface area contributed by atoms with Gasteiger partial charge in [0.2, 0.25) is 10.0 Å². The molecule has 0 heterocycles. The Labute approximate surface area is 131 Å². The molecule has 22 heavy (non-hydrogen) atoms. The maximum Gasteiger partial charge on any atom is 0.309 e. The smallest absolute Gasteiger partial charge is 0.309 e. The van der Waals surface area contributed by atoms with E-state index in [4.69, 9.17) is 0 Å². The van der Waals surface area contributed by atoms with Gasteiger partial charge in [-0.3, -0.25) is 4.79 Å². The van der Waals surface area contributed by atoms with E-state index in [0.717, 1.165) is 11.1 Å². The number of hydrogen-bond acceptors (Lipinski definition) is 4. The Morgan fingerprint density at radius 1 is 1.32 bits per heavy atom. The number of benzene rings is 1. The summed E-state index contributed by atoms with van der Waals surface area (Å²) in [5.74, 6) is -0.911. The monoisotopic (exact) mass is 323 g/mol. The molecule has 1 aromatic rings. The normalized spacial score (nSPS) is 15.9. The summed E-state index contributed by atoms with van der Waals surface area (Å²) < 4.78 is 31.2. The molecule has 0 saturated carbocycles. The van der Waals surface area contributed by atoms with Crippen molar-refractivity contribution >= 4 is 22.1 Å². The molecule has 5 nitrogen and oxygen atoms in total. The van der Waals surface area contributed by atoms with Crippen LogP contribution in [0, 0.1) is 5.92 Å². The minimum Gasteiger partial charge on any atom is -0.469 e. The van der Waals surface area contributed by atoms with Gasteiger partial charge in [-0.2, -0.15) is 0 Å². The lowest BCUT2D eigenvalue weighted by Gasteiger charge is -2.24. The highest BCUT2D eigenvalue weighted by Crippen LogP contribution is 2.28. The SMILES string of the molecule is COC(=O)[C@H](C)CN(C)S(=O)(=O)C1=Cc2ccccc2CC1. The number of hydrogen-bond donors (Lipinski definition) is 0. The number of fused-ring (bicyclic) bond motifs is 1. The van der Waals surface area contributed by atoms with Crippen molar-refractivity contribution in [3.8, 4) is 0 Å². The van der Waals surface area contributed by atoms with Crippen molar-refractivity contribution < 1.29 is 17.9 Å². The van der Waals surface area contributed by atoms with Crippen LogP contribution in [-0.2, 0) is 26.0 Å². The highest BCUT2D eigenvalue weighted by atomic mass is 32.2. The van der Waals surface area contributed by atoms with Gasteiger partial charge in [0.05, 0.1) is 17.9 Å². The lowest BCUT2D eigenvalue weighted by molar-refractivity contribution is -0.144. The number of nitrogens with zero attached hydrogens (tertiary/aromatic N) is 1. The fourth-order valence-electron chi connectivity index (χ4n) is 2.57. The zero-order valence-corrected chi connectivity index (χ0v) is 13.9. The first kappa shape index (κ1) is 16.7. The molecule has 6 heteroatoms. The van der Waals surface area contributed by atoms with Crippen LogP contribution in [0.25, 0.3) is 6.08 Å². The lowest BCUT2D eigenvalue weighted by Crippen LogP contribution is -2.35. The van der Waals surface area contributed by atoms with Gasteiger partial charge in [0.25, 0.3) is 0 Å². The van der Waals surface area contributed by atoms with Crippen molar-refractivity contribution in [1.29, 1.82) is 0 Å².